The molecule has 1 aromatic rings. The number of benzene rings is 1. The highest BCUT2D eigenvalue weighted by Gasteiger charge is 2.07. The Morgan fingerprint density at radius 3 is 1.64 bits per heavy atom. The predicted molar refractivity (Wildman–Crippen MR) is 228 cm³/mol. The molecule has 8 N–H and O–H groups in total. The molecule has 0 spiro atoms. The molecule has 0 aliphatic carbocycles. The largest absolute Gasteiger partial charge is 0.330 e. The van der Waals surface area contributed by atoms with E-state index in [0.717, 1.165) is 118 Å². The molecule has 0 saturated carbocycles. The SMILES string of the molecule is Br.Br.Br.Br.Br.Br.Br.Br.NCCCNCCNCCCNCc1ccc(CN2CCCNCCNCCCNCC2)cc1. The van der Waals surface area contributed by atoms with E-state index in [-0.39, 0.29) is 136 Å². The van der Waals surface area contributed by atoms with Crippen molar-refractivity contribution in [3.05, 3.63) is 35.4 Å². The van der Waals surface area contributed by atoms with Crippen molar-refractivity contribution in [1.29, 1.82) is 0 Å². The average Bonchev–Trinajstić information content (AvgIpc) is 2.86. The Kier molecular flexibility index (Phi) is 65.6. The van der Waals surface area contributed by atoms with E-state index >= 15 is 0 Å². The third kappa shape index (κ3) is 35.6. The topological polar surface area (TPSA) is 101 Å². The van der Waals surface area contributed by atoms with Gasteiger partial charge >= 0.3 is 0 Å². The van der Waals surface area contributed by atoms with Crippen molar-refractivity contribution in [3.63, 3.8) is 0 Å². The molecular weight excluding hydrogens is 1060 g/mol. The first-order chi connectivity index (χ1) is 16.9. The highest BCUT2D eigenvalue weighted by Crippen LogP contribution is 2.08. The fourth-order valence-electron chi connectivity index (χ4n) is 4.07. The normalized spacial score (nSPS) is 14.1. The van der Waals surface area contributed by atoms with Crippen LogP contribution in [0.25, 0.3) is 0 Å². The number of rotatable bonds is 14. The predicted octanol–water partition coefficient (Wildman–Crippen LogP) is 4.68. The first-order valence-electron chi connectivity index (χ1n) is 13.6. The second kappa shape index (κ2) is 45.9. The first-order valence-corrected chi connectivity index (χ1v) is 13.6. The van der Waals surface area contributed by atoms with Gasteiger partial charge in [0.05, 0.1) is 0 Å². The molecular formula is C26H60Br8N8. The number of halogens is 8. The highest BCUT2D eigenvalue weighted by molar-refractivity contribution is 8.93. The maximum atomic E-state index is 5.49. The van der Waals surface area contributed by atoms with Gasteiger partial charge in [-0.25, -0.2) is 0 Å². The summed E-state index contributed by atoms with van der Waals surface area (Å²) in [5.41, 5.74) is 8.26. The second-order valence-electron chi connectivity index (χ2n) is 9.22. The Labute approximate surface area is 340 Å². The minimum absolute atomic E-state index is 0. The summed E-state index contributed by atoms with van der Waals surface area (Å²) in [7, 11) is 0. The van der Waals surface area contributed by atoms with E-state index in [4.69, 9.17) is 5.73 Å². The summed E-state index contributed by atoms with van der Waals surface area (Å²) < 4.78 is 0. The highest BCUT2D eigenvalue weighted by atomic mass is 79.9. The minimum Gasteiger partial charge on any atom is -0.330 e. The Balaban J connectivity index is -0.000000306. The smallest absolute Gasteiger partial charge is 0.0234 e. The van der Waals surface area contributed by atoms with Gasteiger partial charge in [-0.2, -0.15) is 0 Å². The van der Waals surface area contributed by atoms with Crippen molar-refractivity contribution in [1.82, 2.24) is 36.8 Å². The molecule has 1 heterocycles. The Morgan fingerprint density at radius 2 is 1.05 bits per heavy atom. The fourth-order valence-corrected chi connectivity index (χ4v) is 4.07. The maximum Gasteiger partial charge on any atom is 0.0234 e. The molecule has 1 aromatic carbocycles. The van der Waals surface area contributed by atoms with Gasteiger partial charge in [0.15, 0.2) is 0 Å². The molecule has 1 saturated heterocycles. The molecule has 1 aliphatic heterocycles. The molecule has 8 nitrogen and oxygen atoms in total. The van der Waals surface area contributed by atoms with Crippen molar-refractivity contribution in [2.45, 2.75) is 38.8 Å². The molecule has 1 aliphatic rings. The van der Waals surface area contributed by atoms with Crippen LogP contribution in [-0.4, -0.2) is 96.5 Å². The molecule has 16 heteroatoms. The summed E-state index contributed by atoms with van der Waals surface area (Å²) in [6, 6.07) is 9.17. The van der Waals surface area contributed by atoms with Crippen LogP contribution >= 0.6 is 136 Å². The van der Waals surface area contributed by atoms with Crippen LogP contribution in [0.1, 0.15) is 36.8 Å². The summed E-state index contributed by atoms with van der Waals surface area (Å²) in [4.78, 5) is 2.59. The van der Waals surface area contributed by atoms with Crippen LogP contribution in [0.2, 0.25) is 0 Å². The molecule has 260 valence electrons. The monoisotopic (exact) mass is 1120 g/mol. The lowest BCUT2D eigenvalue weighted by molar-refractivity contribution is 0.260. The van der Waals surface area contributed by atoms with E-state index in [9.17, 15) is 0 Å². The average molecular weight is 1120 g/mol. The van der Waals surface area contributed by atoms with E-state index in [1.807, 2.05) is 0 Å². The molecule has 0 bridgehead atoms. The van der Waals surface area contributed by atoms with Gasteiger partial charge in [-0.05, 0) is 89.2 Å². The third-order valence-electron chi connectivity index (χ3n) is 6.12. The lowest BCUT2D eigenvalue weighted by atomic mass is 10.1. The summed E-state index contributed by atoms with van der Waals surface area (Å²) in [6.45, 7) is 16.6. The Morgan fingerprint density at radius 1 is 0.548 bits per heavy atom. The quantitative estimate of drug-likeness (QED) is 0.135. The van der Waals surface area contributed by atoms with Gasteiger partial charge in [-0.1, -0.05) is 24.3 Å². The molecule has 0 atom stereocenters. The van der Waals surface area contributed by atoms with Gasteiger partial charge in [0, 0.05) is 52.4 Å². The van der Waals surface area contributed by atoms with Crippen LogP contribution in [0.3, 0.4) is 0 Å². The maximum absolute atomic E-state index is 5.49. The van der Waals surface area contributed by atoms with Crippen molar-refractivity contribution in [2.75, 3.05) is 91.6 Å². The van der Waals surface area contributed by atoms with E-state index in [1.54, 1.807) is 0 Å². The van der Waals surface area contributed by atoms with Crippen LogP contribution < -0.4 is 37.6 Å². The zero-order valence-corrected chi connectivity index (χ0v) is 38.4. The van der Waals surface area contributed by atoms with Crippen LogP contribution in [0, 0.1) is 0 Å². The number of nitrogens with two attached hydrogens (primary N) is 1. The molecule has 0 aromatic heterocycles. The molecule has 1 fully saturated rings. The van der Waals surface area contributed by atoms with Gasteiger partial charge in [0.1, 0.15) is 0 Å². The van der Waals surface area contributed by atoms with Crippen LogP contribution in [0.4, 0.5) is 0 Å². The summed E-state index contributed by atoms with van der Waals surface area (Å²) >= 11 is 0. The molecule has 0 unspecified atom stereocenters. The van der Waals surface area contributed by atoms with Crippen LogP contribution in [0.5, 0.6) is 0 Å². The molecule has 0 radical (unpaired) electrons. The van der Waals surface area contributed by atoms with E-state index in [2.05, 4.69) is 61.1 Å². The number of hydrogen-bond acceptors (Lipinski definition) is 8. The lowest BCUT2D eigenvalue weighted by Gasteiger charge is -2.23. The van der Waals surface area contributed by atoms with Gasteiger partial charge in [-0.3, -0.25) is 4.90 Å². The molecule has 0 amide bonds. The first kappa shape index (κ1) is 60.1. The fraction of sp³-hybridized carbons (Fsp3) is 0.769. The van der Waals surface area contributed by atoms with Gasteiger partial charge in [0.25, 0.3) is 0 Å². The number of nitrogens with one attached hydrogen (secondary N) is 6. The van der Waals surface area contributed by atoms with Gasteiger partial charge < -0.3 is 37.6 Å². The zero-order chi connectivity index (χ0) is 23.9. The van der Waals surface area contributed by atoms with E-state index < -0.39 is 0 Å². The Hall–Kier alpha value is 2.74. The standard InChI is InChI=1S/C26H52N8.8BrH/c27-9-1-10-28-16-17-30-12-3-14-33-23-25-5-7-26(8-6-25)24-34-21-4-15-31-19-18-29-11-2-13-32-20-22-34;;;;;;;;/h5-8,28-33H,1-4,9-24,27H2;8*1H. The second-order valence-corrected chi connectivity index (χ2v) is 9.22. The van der Waals surface area contributed by atoms with E-state index in [0.29, 0.717) is 0 Å². The van der Waals surface area contributed by atoms with Crippen molar-refractivity contribution >= 4 is 136 Å². The Bertz CT molecular complexity index is 584. The summed E-state index contributed by atoms with van der Waals surface area (Å²) in [6.07, 6.45) is 4.59. The van der Waals surface area contributed by atoms with Crippen molar-refractivity contribution in [3.8, 4) is 0 Å². The minimum atomic E-state index is 0. The van der Waals surface area contributed by atoms with Crippen LogP contribution in [0.15, 0.2) is 24.3 Å². The van der Waals surface area contributed by atoms with E-state index in [1.165, 1.54) is 24.0 Å². The number of hydrogen-bond donors (Lipinski definition) is 7. The molecule has 2 rings (SSSR count). The summed E-state index contributed by atoms with van der Waals surface area (Å²) in [5.74, 6) is 0. The van der Waals surface area contributed by atoms with Gasteiger partial charge in [-0.15, -0.1) is 136 Å². The van der Waals surface area contributed by atoms with Gasteiger partial charge in [0.2, 0.25) is 0 Å². The molecule has 42 heavy (non-hydrogen) atoms. The van der Waals surface area contributed by atoms with Crippen LogP contribution in [-0.2, 0) is 13.1 Å². The third-order valence-corrected chi connectivity index (χ3v) is 6.12. The van der Waals surface area contributed by atoms with Crippen molar-refractivity contribution in [2.24, 2.45) is 5.73 Å². The zero-order valence-electron chi connectivity index (χ0n) is 24.7. The van der Waals surface area contributed by atoms with Crippen molar-refractivity contribution < 1.29 is 0 Å². The summed E-state index contributed by atoms with van der Waals surface area (Å²) in [5, 5.41) is 21.1. The lowest BCUT2D eigenvalue weighted by Crippen LogP contribution is -2.36. The number of nitrogens with zero attached hydrogens (tertiary/aromatic N) is 1.